The first kappa shape index (κ1) is 42.7. The van der Waals surface area contributed by atoms with Crippen LogP contribution < -0.4 is 50.8 Å². The van der Waals surface area contributed by atoms with E-state index in [9.17, 15) is 0 Å². The molecule has 0 aromatic heterocycles. The predicted molar refractivity (Wildman–Crippen MR) is 228 cm³/mol. The monoisotopic (exact) mass is 777 g/mol. The fraction of sp³-hybridized carbons (Fsp3) is 0.682. The van der Waals surface area contributed by atoms with E-state index in [0.717, 1.165) is 178 Å². The number of nitrogens with zero attached hydrogens (tertiary/aromatic N) is 2. The molecule has 0 saturated carbocycles. The smallest absolute Gasteiger partial charge is 0.133 e. The third-order valence-electron chi connectivity index (χ3n) is 11.2. The summed E-state index contributed by atoms with van der Waals surface area (Å²) >= 11 is 0. The van der Waals surface area contributed by atoms with Crippen LogP contribution in [0.15, 0.2) is 36.4 Å². The molecular formula is C44H72N8O4. The maximum absolute atomic E-state index is 6.66. The minimum absolute atomic E-state index is 0.187. The summed E-state index contributed by atoms with van der Waals surface area (Å²) in [5.74, 6) is 3.83. The van der Waals surface area contributed by atoms with Gasteiger partial charge in [-0.2, -0.15) is 0 Å². The van der Waals surface area contributed by atoms with Crippen molar-refractivity contribution in [1.82, 2.24) is 41.7 Å². The predicted octanol–water partition coefficient (Wildman–Crippen LogP) is 3.08. The Kier molecular flexibility index (Phi) is 17.9. The Morgan fingerprint density at radius 3 is 1.80 bits per heavy atom. The van der Waals surface area contributed by atoms with E-state index >= 15 is 0 Å². The second kappa shape index (κ2) is 23.5. The Morgan fingerprint density at radius 2 is 1.21 bits per heavy atom. The topological polar surface area (TPSA) is 116 Å². The fourth-order valence-corrected chi connectivity index (χ4v) is 7.90. The van der Waals surface area contributed by atoms with Crippen LogP contribution in [0, 0.1) is 0 Å². The Labute approximate surface area is 337 Å². The second-order valence-corrected chi connectivity index (χ2v) is 16.2. The quantitative estimate of drug-likeness (QED) is 0.168. The van der Waals surface area contributed by atoms with Gasteiger partial charge in [0.25, 0.3) is 0 Å². The number of hydrogen-bond acceptors (Lipinski definition) is 12. The molecule has 12 nitrogen and oxygen atoms in total. The van der Waals surface area contributed by atoms with Crippen LogP contribution in [0.4, 0.5) is 0 Å². The van der Waals surface area contributed by atoms with Gasteiger partial charge in [-0.05, 0) is 88.9 Å². The molecule has 6 rings (SSSR count). The first-order valence-electron chi connectivity index (χ1n) is 21.8. The zero-order valence-electron chi connectivity index (χ0n) is 34.5. The SMILES string of the molecule is CC1(C)C=Cc2c(ccc3c2OCC(c2ccc(OCCCCN4CCNCCNCCNCC4)cc2OCCCCN2CCNCCNCCNCC2)C3)O1. The average molecular weight is 777 g/mol. The number of ether oxygens (including phenoxy) is 4. The minimum Gasteiger partial charge on any atom is -0.493 e. The van der Waals surface area contributed by atoms with Gasteiger partial charge in [-0.3, -0.25) is 0 Å². The Hall–Kier alpha value is -2.94. The van der Waals surface area contributed by atoms with Crippen LogP contribution in [0.1, 0.15) is 62.1 Å². The van der Waals surface area contributed by atoms with Crippen molar-refractivity contribution in [1.29, 1.82) is 0 Å². The van der Waals surface area contributed by atoms with Crippen LogP contribution >= 0.6 is 0 Å². The van der Waals surface area contributed by atoms with E-state index in [-0.39, 0.29) is 11.5 Å². The number of rotatable bonds is 13. The molecule has 0 radical (unpaired) electrons. The Morgan fingerprint density at radius 1 is 0.661 bits per heavy atom. The molecule has 12 heteroatoms. The average Bonchev–Trinajstić information content (AvgIpc) is 3.18. The second-order valence-electron chi connectivity index (χ2n) is 16.2. The van der Waals surface area contributed by atoms with Gasteiger partial charge < -0.3 is 60.6 Å². The first-order valence-corrected chi connectivity index (χ1v) is 21.8. The molecule has 2 saturated heterocycles. The van der Waals surface area contributed by atoms with Crippen molar-refractivity contribution in [2.24, 2.45) is 0 Å². The van der Waals surface area contributed by atoms with Crippen LogP contribution in [0.2, 0.25) is 0 Å². The molecule has 0 bridgehead atoms. The molecule has 312 valence electrons. The molecule has 0 amide bonds. The lowest BCUT2D eigenvalue weighted by Gasteiger charge is -2.32. The number of benzene rings is 2. The lowest BCUT2D eigenvalue weighted by molar-refractivity contribution is 0.157. The van der Waals surface area contributed by atoms with E-state index in [0.29, 0.717) is 19.8 Å². The summed E-state index contributed by atoms with van der Waals surface area (Å²) in [5.41, 5.74) is 3.14. The molecule has 0 spiro atoms. The fourth-order valence-electron chi connectivity index (χ4n) is 7.90. The number of hydrogen-bond donors (Lipinski definition) is 6. The number of fused-ring (bicyclic) bond motifs is 3. The molecule has 1 atom stereocenters. The van der Waals surface area contributed by atoms with Gasteiger partial charge in [0, 0.05) is 122 Å². The van der Waals surface area contributed by atoms with Crippen LogP contribution in [0.5, 0.6) is 23.0 Å². The van der Waals surface area contributed by atoms with Crippen molar-refractivity contribution in [2.75, 3.05) is 138 Å². The Bertz CT molecular complexity index is 1450. The maximum atomic E-state index is 6.66. The standard InChI is InChI=1S/C44H72N8O4/c1-44(2)12-11-40-41(56-44)10-7-36-33-37(35-55-43(36)40)39-9-8-38(53-31-5-3-25-51-27-21-47-17-13-45-14-18-48-22-28-51)34-42(39)54-32-6-4-26-52-29-23-49-19-15-46-16-20-50-24-30-52/h7-12,34,37,45-50H,3-6,13-33,35H2,1-2H3. The van der Waals surface area contributed by atoms with Crippen molar-refractivity contribution in [3.63, 3.8) is 0 Å². The van der Waals surface area contributed by atoms with Crippen LogP contribution in [-0.4, -0.2) is 153 Å². The zero-order valence-corrected chi connectivity index (χ0v) is 34.5. The highest BCUT2D eigenvalue weighted by Gasteiger charge is 2.30. The first-order chi connectivity index (χ1) is 27.5. The van der Waals surface area contributed by atoms with E-state index in [1.807, 2.05) is 0 Å². The number of nitrogens with one attached hydrogen (secondary N) is 6. The summed E-state index contributed by atoms with van der Waals surface area (Å²) in [7, 11) is 0. The van der Waals surface area contributed by atoms with E-state index in [1.165, 1.54) is 11.1 Å². The molecular weight excluding hydrogens is 705 g/mol. The van der Waals surface area contributed by atoms with Gasteiger partial charge in [0.2, 0.25) is 0 Å². The molecule has 2 aromatic rings. The summed E-state index contributed by atoms with van der Waals surface area (Å²) in [4.78, 5) is 5.15. The third-order valence-corrected chi connectivity index (χ3v) is 11.2. The van der Waals surface area contributed by atoms with Crippen molar-refractivity contribution in [3.05, 3.63) is 53.1 Å². The lowest BCUT2D eigenvalue weighted by atomic mass is 9.88. The minimum atomic E-state index is -0.316. The van der Waals surface area contributed by atoms with E-state index < -0.39 is 0 Å². The summed E-state index contributed by atoms with van der Waals surface area (Å²) in [6.45, 7) is 24.9. The van der Waals surface area contributed by atoms with Gasteiger partial charge in [0.1, 0.15) is 28.6 Å². The largest absolute Gasteiger partial charge is 0.493 e. The lowest BCUT2D eigenvalue weighted by Crippen LogP contribution is -2.42. The molecule has 2 fully saturated rings. The van der Waals surface area contributed by atoms with Crippen LogP contribution in [0.25, 0.3) is 6.08 Å². The summed E-state index contributed by atoms with van der Waals surface area (Å²) in [6.07, 6.45) is 9.41. The van der Waals surface area contributed by atoms with Crippen LogP contribution in [-0.2, 0) is 6.42 Å². The van der Waals surface area contributed by atoms with Gasteiger partial charge in [-0.15, -0.1) is 0 Å². The highest BCUT2D eigenvalue weighted by Crippen LogP contribution is 2.44. The molecule has 4 aliphatic heterocycles. The third kappa shape index (κ3) is 14.2. The normalized spacial score (nSPS) is 22.1. The molecule has 2 aromatic carbocycles. The van der Waals surface area contributed by atoms with Crippen molar-refractivity contribution >= 4 is 6.08 Å². The van der Waals surface area contributed by atoms with Gasteiger partial charge in [-0.25, -0.2) is 0 Å². The van der Waals surface area contributed by atoms with Crippen LogP contribution in [0.3, 0.4) is 0 Å². The van der Waals surface area contributed by atoms with E-state index in [4.69, 9.17) is 18.9 Å². The summed E-state index contributed by atoms with van der Waals surface area (Å²) in [5, 5.41) is 21.3. The van der Waals surface area contributed by atoms with Crippen molar-refractivity contribution in [2.45, 2.75) is 57.5 Å². The highest BCUT2D eigenvalue weighted by molar-refractivity contribution is 5.69. The van der Waals surface area contributed by atoms with Crippen molar-refractivity contribution in [3.8, 4) is 23.0 Å². The summed E-state index contributed by atoms with van der Waals surface area (Å²) in [6, 6.07) is 10.7. The zero-order chi connectivity index (χ0) is 38.7. The highest BCUT2D eigenvalue weighted by atomic mass is 16.5. The maximum Gasteiger partial charge on any atom is 0.133 e. The van der Waals surface area contributed by atoms with Gasteiger partial charge in [-0.1, -0.05) is 12.1 Å². The van der Waals surface area contributed by atoms with Gasteiger partial charge in [0.05, 0.1) is 25.4 Å². The molecule has 4 heterocycles. The summed E-state index contributed by atoms with van der Waals surface area (Å²) < 4.78 is 25.8. The number of unbranched alkanes of at least 4 members (excludes halogenated alkanes) is 2. The van der Waals surface area contributed by atoms with E-state index in [1.54, 1.807) is 0 Å². The van der Waals surface area contributed by atoms with Gasteiger partial charge >= 0.3 is 0 Å². The van der Waals surface area contributed by atoms with Crippen molar-refractivity contribution < 1.29 is 18.9 Å². The molecule has 6 N–H and O–H groups in total. The Balaban J connectivity index is 1.03. The molecule has 56 heavy (non-hydrogen) atoms. The molecule has 1 unspecified atom stereocenters. The molecule has 0 aliphatic carbocycles. The molecule has 4 aliphatic rings. The van der Waals surface area contributed by atoms with Gasteiger partial charge in [0.15, 0.2) is 0 Å². The van der Waals surface area contributed by atoms with E-state index in [2.05, 4.69) is 98.0 Å².